The van der Waals surface area contributed by atoms with Gasteiger partial charge < -0.3 is 0 Å². The van der Waals surface area contributed by atoms with Gasteiger partial charge in [0.1, 0.15) is 5.92 Å². The molecule has 150 valence electrons. The maximum atomic E-state index is 13.5. The van der Waals surface area contributed by atoms with Gasteiger partial charge in [-0.25, -0.2) is 9.96 Å². The van der Waals surface area contributed by atoms with Gasteiger partial charge in [0.2, 0.25) is 5.91 Å². The van der Waals surface area contributed by atoms with Crippen LogP contribution in [0.3, 0.4) is 0 Å². The minimum atomic E-state index is -0.936. The van der Waals surface area contributed by atoms with Crippen LogP contribution in [0.4, 0.5) is 11.4 Å². The number of nitrogens with zero attached hydrogens (tertiary/aromatic N) is 2. The Balaban J connectivity index is 1.60. The lowest BCUT2D eigenvalue weighted by molar-refractivity contribution is -0.126. The lowest BCUT2D eigenvalue weighted by atomic mass is 9.90. The second kappa shape index (κ2) is 7.43. The van der Waals surface area contributed by atoms with Gasteiger partial charge in [-0.15, -0.1) is 0 Å². The van der Waals surface area contributed by atoms with Crippen molar-refractivity contribution in [2.24, 2.45) is 5.92 Å². The van der Waals surface area contributed by atoms with Gasteiger partial charge in [0, 0.05) is 10.0 Å². The number of amides is 2. The number of fused-ring (bicyclic) bond motifs is 1. The summed E-state index contributed by atoms with van der Waals surface area (Å²) in [5, 5.41) is 2.67. The smallest absolute Gasteiger partial charge is 0.266 e. The molecule has 2 aliphatic rings. The molecule has 0 spiro atoms. The molecule has 3 aromatic rings. The SMILES string of the molecule is O=C1[C@@H]2[C@H](ON(c3ccccc3)[C@H]2c2ccccc2Cl)C(=O)N1c1ccc(Cl)cc1. The molecule has 0 radical (unpaired) electrons. The van der Waals surface area contributed by atoms with Crippen molar-refractivity contribution in [3.8, 4) is 0 Å². The van der Waals surface area contributed by atoms with Crippen LogP contribution in [0.25, 0.3) is 0 Å². The van der Waals surface area contributed by atoms with Gasteiger partial charge in [-0.05, 0) is 48.0 Å². The normalized spacial score (nSPS) is 23.2. The first-order valence-electron chi connectivity index (χ1n) is 9.45. The number of hydrogen-bond donors (Lipinski definition) is 0. The molecule has 2 aliphatic heterocycles. The van der Waals surface area contributed by atoms with E-state index in [0.29, 0.717) is 15.7 Å². The van der Waals surface area contributed by atoms with E-state index in [1.54, 1.807) is 35.4 Å². The van der Waals surface area contributed by atoms with Crippen molar-refractivity contribution < 1.29 is 14.4 Å². The number of carbonyl (C=O) groups is 2. The lowest BCUT2D eigenvalue weighted by Gasteiger charge is -2.29. The highest BCUT2D eigenvalue weighted by Gasteiger charge is 2.60. The summed E-state index contributed by atoms with van der Waals surface area (Å²) in [4.78, 5) is 34.0. The standard InChI is InChI=1S/C23H16Cl2N2O3/c24-14-10-12-15(13-11-14)26-22(28)19-20(17-8-4-5-9-18(17)25)27(30-21(19)23(26)29)16-6-2-1-3-7-16/h1-13,19-21H/t19-,20-,21-/m0/s1. The van der Waals surface area contributed by atoms with Crippen molar-refractivity contribution >= 4 is 46.4 Å². The number of hydrogen-bond acceptors (Lipinski definition) is 4. The zero-order valence-corrected chi connectivity index (χ0v) is 17.1. The Morgan fingerprint density at radius 2 is 1.40 bits per heavy atom. The second-order valence-electron chi connectivity index (χ2n) is 7.17. The Kier molecular flexibility index (Phi) is 4.74. The molecule has 0 unspecified atom stereocenters. The van der Waals surface area contributed by atoms with Crippen LogP contribution in [-0.2, 0) is 14.4 Å². The van der Waals surface area contributed by atoms with E-state index in [-0.39, 0.29) is 5.91 Å². The molecule has 2 heterocycles. The van der Waals surface area contributed by atoms with Crippen LogP contribution in [0.15, 0.2) is 78.9 Å². The molecular weight excluding hydrogens is 423 g/mol. The number of anilines is 2. The van der Waals surface area contributed by atoms with Crippen LogP contribution in [-0.4, -0.2) is 17.9 Å². The molecule has 3 aromatic carbocycles. The fourth-order valence-electron chi connectivity index (χ4n) is 4.09. The summed E-state index contributed by atoms with van der Waals surface area (Å²) < 4.78 is 0. The first-order valence-corrected chi connectivity index (χ1v) is 10.2. The highest BCUT2D eigenvalue weighted by molar-refractivity contribution is 6.32. The molecule has 5 nitrogen and oxygen atoms in total. The van der Waals surface area contributed by atoms with Crippen molar-refractivity contribution in [1.82, 2.24) is 0 Å². The minimum absolute atomic E-state index is 0.323. The highest BCUT2D eigenvalue weighted by Crippen LogP contribution is 2.48. The summed E-state index contributed by atoms with van der Waals surface area (Å²) in [5.74, 6) is -1.45. The average molecular weight is 439 g/mol. The molecule has 7 heteroatoms. The topological polar surface area (TPSA) is 49.9 Å². The van der Waals surface area contributed by atoms with E-state index in [9.17, 15) is 9.59 Å². The van der Waals surface area contributed by atoms with E-state index in [4.69, 9.17) is 28.0 Å². The molecule has 2 saturated heterocycles. The van der Waals surface area contributed by atoms with Crippen molar-refractivity contribution in [3.05, 3.63) is 94.5 Å². The average Bonchev–Trinajstić information content (AvgIpc) is 3.26. The molecule has 5 rings (SSSR count). The maximum absolute atomic E-state index is 13.5. The first kappa shape index (κ1) is 19.1. The third kappa shape index (κ3) is 2.98. The first-order chi connectivity index (χ1) is 14.6. The van der Waals surface area contributed by atoms with Crippen molar-refractivity contribution in [2.45, 2.75) is 12.1 Å². The van der Waals surface area contributed by atoms with Gasteiger partial charge in [0.05, 0.1) is 17.4 Å². The molecular formula is C23H16Cl2N2O3. The zero-order chi connectivity index (χ0) is 20.8. The predicted molar refractivity (Wildman–Crippen MR) is 115 cm³/mol. The van der Waals surface area contributed by atoms with Gasteiger partial charge in [0.15, 0.2) is 6.10 Å². The Morgan fingerprint density at radius 1 is 0.733 bits per heavy atom. The molecule has 0 bridgehead atoms. The monoisotopic (exact) mass is 438 g/mol. The third-order valence-electron chi connectivity index (χ3n) is 5.43. The molecule has 0 saturated carbocycles. The van der Waals surface area contributed by atoms with Crippen LogP contribution in [0.2, 0.25) is 10.0 Å². The largest absolute Gasteiger partial charge is 0.273 e. The summed E-state index contributed by atoms with van der Waals surface area (Å²) in [6.07, 6.45) is -0.936. The number of carbonyl (C=O) groups excluding carboxylic acids is 2. The van der Waals surface area contributed by atoms with Gasteiger partial charge >= 0.3 is 0 Å². The van der Waals surface area contributed by atoms with E-state index in [1.165, 1.54) is 4.90 Å². The molecule has 0 aromatic heterocycles. The Labute approximate surface area is 183 Å². The fraction of sp³-hybridized carbons (Fsp3) is 0.130. The van der Waals surface area contributed by atoms with E-state index in [0.717, 1.165) is 11.3 Å². The Hall–Kier alpha value is -2.86. The number of halogens is 2. The van der Waals surface area contributed by atoms with Crippen molar-refractivity contribution in [3.63, 3.8) is 0 Å². The molecule has 30 heavy (non-hydrogen) atoms. The quantitative estimate of drug-likeness (QED) is 0.537. The van der Waals surface area contributed by atoms with E-state index in [2.05, 4.69) is 0 Å². The number of rotatable bonds is 3. The summed E-state index contributed by atoms with van der Waals surface area (Å²) in [6.45, 7) is 0. The van der Waals surface area contributed by atoms with Crippen LogP contribution in [0, 0.1) is 5.92 Å². The van der Waals surface area contributed by atoms with Crippen LogP contribution >= 0.6 is 23.2 Å². The fourth-order valence-corrected chi connectivity index (χ4v) is 4.46. The van der Waals surface area contributed by atoms with Crippen molar-refractivity contribution in [1.29, 1.82) is 0 Å². The van der Waals surface area contributed by atoms with E-state index >= 15 is 0 Å². The molecule has 3 atom stereocenters. The Morgan fingerprint density at radius 3 is 2.10 bits per heavy atom. The van der Waals surface area contributed by atoms with Gasteiger partial charge in [-0.1, -0.05) is 59.6 Å². The van der Waals surface area contributed by atoms with Crippen molar-refractivity contribution in [2.75, 3.05) is 9.96 Å². The van der Waals surface area contributed by atoms with Crippen LogP contribution in [0.5, 0.6) is 0 Å². The Bertz CT molecular complexity index is 1120. The van der Waals surface area contributed by atoms with Gasteiger partial charge in [-0.2, -0.15) is 0 Å². The summed E-state index contributed by atoms with van der Waals surface area (Å²) in [6, 6.07) is 22.8. The second-order valence-corrected chi connectivity index (χ2v) is 8.01. The molecule has 2 amide bonds. The molecule has 2 fully saturated rings. The third-order valence-corrected chi connectivity index (χ3v) is 6.03. The molecule has 0 aliphatic carbocycles. The summed E-state index contributed by atoms with van der Waals surface area (Å²) in [7, 11) is 0. The maximum Gasteiger partial charge on any atom is 0.266 e. The van der Waals surface area contributed by atoms with Gasteiger partial charge in [0.25, 0.3) is 5.91 Å². The van der Waals surface area contributed by atoms with E-state index < -0.39 is 24.0 Å². The number of benzene rings is 3. The lowest BCUT2D eigenvalue weighted by Crippen LogP contribution is -2.37. The predicted octanol–water partition coefficient (Wildman–Crippen LogP) is 5.04. The number of imide groups is 1. The van der Waals surface area contributed by atoms with Crippen LogP contribution in [0.1, 0.15) is 11.6 Å². The number of hydroxylamine groups is 1. The van der Waals surface area contributed by atoms with Gasteiger partial charge in [-0.3, -0.25) is 14.4 Å². The summed E-state index contributed by atoms with van der Waals surface area (Å²) >= 11 is 12.5. The molecule has 0 N–H and O–H groups in total. The minimum Gasteiger partial charge on any atom is -0.273 e. The van der Waals surface area contributed by atoms with E-state index in [1.807, 2.05) is 48.5 Å². The summed E-state index contributed by atoms with van der Waals surface area (Å²) in [5.41, 5.74) is 1.95. The highest BCUT2D eigenvalue weighted by atomic mass is 35.5. The zero-order valence-electron chi connectivity index (χ0n) is 15.6. The number of para-hydroxylation sites is 1. The van der Waals surface area contributed by atoms with Crippen LogP contribution < -0.4 is 9.96 Å².